The lowest BCUT2D eigenvalue weighted by Gasteiger charge is -2.33. The van der Waals surface area contributed by atoms with Crippen molar-refractivity contribution < 1.29 is 0 Å². The van der Waals surface area contributed by atoms with Crippen molar-refractivity contribution in [1.82, 2.24) is 0 Å². The van der Waals surface area contributed by atoms with Crippen molar-refractivity contribution in [2.24, 2.45) is 5.73 Å². The van der Waals surface area contributed by atoms with E-state index in [9.17, 15) is 0 Å². The fraction of sp³-hybridized carbons (Fsp3) is 0.600. The van der Waals surface area contributed by atoms with Gasteiger partial charge in [0.25, 0.3) is 0 Å². The summed E-state index contributed by atoms with van der Waals surface area (Å²) in [5.41, 5.74) is 9.46. The summed E-state index contributed by atoms with van der Waals surface area (Å²) in [6.45, 7) is 2.19. The van der Waals surface area contributed by atoms with Crippen LogP contribution in [0.2, 0.25) is 0 Å². The number of hydrogen-bond donors (Lipinski definition) is 1. The molecule has 1 saturated carbocycles. The van der Waals surface area contributed by atoms with Crippen LogP contribution in [0, 0.1) is 6.92 Å². The Morgan fingerprint density at radius 1 is 1.12 bits per heavy atom. The predicted octanol–water partition coefficient (Wildman–Crippen LogP) is 3.59. The van der Waals surface area contributed by atoms with Crippen molar-refractivity contribution in [2.45, 2.75) is 57.4 Å². The molecule has 1 aromatic carbocycles. The molecule has 0 bridgehead atoms. The number of aryl methyl sites for hydroxylation is 2. The second kappa shape index (κ2) is 5.01. The molecule has 0 heterocycles. The van der Waals surface area contributed by atoms with Crippen LogP contribution >= 0.6 is 0 Å². The van der Waals surface area contributed by atoms with E-state index in [0.717, 1.165) is 12.8 Å². The van der Waals surface area contributed by atoms with Crippen molar-refractivity contribution >= 4 is 0 Å². The molecule has 0 saturated heterocycles. The maximum absolute atomic E-state index is 6.46. The molecule has 2 N–H and O–H groups in total. The van der Waals surface area contributed by atoms with Gasteiger partial charge in [0.1, 0.15) is 0 Å². The average Bonchev–Trinajstić information content (AvgIpc) is 2.29. The summed E-state index contributed by atoms with van der Waals surface area (Å²) in [5, 5.41) is 0. The van der Waals surface area contributed by atoms with Gasteiger partial charge in [0.2, 0.25) is 0 Å². The highest BCUT2D eigenvalue weighted by atomic mass is 14.7. The Kier molecular flexibility index (Phi) is 3.65. The van der Waals surface area contributed by atoms with E-state index in [4.69, 9.17) is 5.73 Å². The molecule has 1 fully saturated rings. The van der Waals surface area contributed by atoms with E-state index in [2.05, 4.69) is 31.2 Å². The number of hydrogen-bond acceptors (Lipinski definition) is 1. The van der Waals surface area contributed by atoms with Crippen molar-refractivity contribution in [3.63, 3.8) is 0 Å². The normalized spacial score (nSPS) is 19.6. The summed E-state index contributed by atoms with van der Waals surface area (Å²) in [6, 6.07) is 8.67. The monoisotopic (exact) mass is 217 g/mol. The van der Waals surface area contributed by atoms with Crippen LogP contribution in [0.25, 0.3) is 0 Å². The lowest BCUT2D eigenvalue weighted by Crippen LogP contribution is -2.42. The third-order valence-electron chi connectivity index (χ3n) is 4.00. The lowest BCUT2D eigenvalue weighted by atomic mass is 9.78. The number of nitrogens with two attached hydrogens (primary N) is 1. The van der Waals surface area contributed by atoms with Gasteiger partial charge < -0.3 is 5.73 Å². The molecule has 1 heteroatoms. The Morgan fingerprint density at radius 2 is 1.81 bits per heavy atom. The maximum Gasteiger partial charge on any atom is 0.0157 e. The third kappa shape index (κ3) is 2.85. The lowest BCUT2D eigenvalue weighted by molar-refractivity contribution is 0.278. The zero-order valence-corrected chi connectivity index (χ0v) is 10.3. The van der Waals surface area contributed by atoms with E-state index in [1.54, 1.807) is 0 Å². The maximum atomic E-state index is 6.46. The standard InChI is InChI=1S/C15H23N/c1-13-7-3-4-8-14(13)9-12-15(16)10-5-2-6-11-15/h3-4,7-8H,2,5-6,9-12,16H2,1H3. The minimum absolute atomic E-state index is 0.126. The average molecular weight is 217 g/mol. The van der Waals surface area contributed by atoms with Gasteiger partial charge in [0.15, 0.2) is 0 Å². The van der Waals surface area contributed by atoms with Gasteiger partial charge in [0.05, 0.1) is 0 Å². The van der Waals surface area contributed by atoms with Crippen molar-refractivity contribution in [2.75, 3.05) is 0 Å². The predicted molar refractivity (Wildman–Crippen MR) is 69.5 cm³/mol. The summed E-state index contributed by atoms with van der Waals surface area (Å²) in [5.74, 6) is 0. The molecule has 0 aliphatic heterocycles. The molecular formula is C15H23N. The van der Waals surface area contributed by atoms with Crippen LogP contribution in [-0.2, 0) is 6.42 Å². The number of rotatable bonds is 3. The SMILES string of the molecule is Cc1ccccc1CCC1(N)CCCCC1. The van der Waals surface area contributed by atoms with Gasteiger partial charge in [-0.1, -0.05) is 43.5 Å². The Hall–Kier alpha value is -0.820. The molecule has 0 amide bonds. The summed E-state index contributed by atoms with van der Waals surface area (Å²) >= 11 is 0. The van der Waals surface area contributed by atoms with Crippen LogP contribution in [0.5, 0.6) is 0 Å². The van der Waals surface area contributed by atoms with E-state index >= 15 is 0 Å². The molecule has 0 aromatic heterocycles. The second-order valence-corrected chi connectivity index (χ2v) is 5.35. The fourth-order valence-electron chi connectivity index (χ4n) is 2.78. The Bertz CT molecular complexity index is 337. The molecule has 0 spiro atoms. The first-order chi connectivity index (χ1) is 7.70. The first-order valence-corrected chi connectivity index (χ1v) is 6.53. The largest absolute Gasteiger partial charge is 0.325 e. The molecule has 1 nitrogen and oxygen atoms in total. The summed E-state index contributed by atoms with van der Waals surface area (Å²) in [4.78, 5) is 0. The second-order valence-electron chi connectivity index (χ2n) is 5.35. The van der Waals surface area contributed by atoms with Gasteiger partial charge in [-0.05, 0) is 43.7 Å². The van der Waals surface area contributed by atoms with Gasteiger partial charge in [-0.2, -0.15) is 0 Å². The molecule has 0 radical (unpaired) electrons. The van der Waals surface area contributed by atoms with E-state index in [1.165, 1.54) is 43.2 Å². The van der Waals surface area contributed by atoms with Gasteiger partial charge in [0, 0.05) is 5.54 Å². The topological polar surface area (TPSA) is 26.0 Å². The zero-order chi connectivity index (χ0) is 11.4. The van der Waals surface area contributed by atoms with Crippen LogP contribution in [0.1, 0.15) is 49.7 Å². The van der Waals surface area contributed by atoms with Gasteiger partial charge in [-0.25, -0.2) is 0 Å². The molecule has 1 aliphatic rings. The molecule has 0 unspecified atom stereocenters. The number of benzene rings is 1. The van der Waals surface area contributed by atoms with Gasteiger partial charge in [-0.15, -0.1) is 0 Å². The first-order valence-electron chi connectivity index (χ1n) is 6.53. The summed E-state index contributed by atoms with van der Waals surface area (Å²) in [6.07, 6.45) is 8.76. The Morgan fingerprint density at radius 3 is 2.50 bits per heavy atom. The van der Waals surface area contributed by atoms with Crippen LogP contribution < -0.4 is 5.73 Å². The summed E-state index contributed by atoms with van der Waals surface area (Å²) < 4.78 is 0. The fourth-order valence-corrected chi connectivity index (χ4v) is 2.78. The van der Waals surface area contributed by atoms with E-state index < -0.39 is 0 Å². The minimum Gasteiger partial charge on any atom is -0.325 e. The molecule has 16 heavy (non-hydrogen) atoms. The van der Waals surface area contributed by atoms with Crippen LogP contribution in [-0.4, -0.2) is 5.54 Å². The van der Waals surface area contributed by atoms with Crippen molar-refractivity contribution in [1.29, 1.82) is 0 Å². The molecule has 1 aromatic rings. The highest BCUT2D eigenvalue weighted by molar-refractivity contribution is 5.25. The minimum atomic E-state index is 0.126. The van der Waals surface area contributed by atoms with E-state index in [1.807, 2.05) is 0 Å². The van der Waals surface area contributed by atoms with Crippen LogP contribution in [0.15, 0.2) is 24.3 Å². The highest BCUT2D eigenvalue weighted by Gasteiger charge is 2.26. The highest BCUT2D eigenvalue weighted by Crippen LogP contribution is 2.30. The van der Waals surface area contributed by atoms with Crippen LogP contribution in [0.3, 0.4) is 0 Å². The van der Waals surface area contributed by atoms with E-state index in [0.29, 0.717) is 0 Å². The third-order valence-corrected chi connectivity index (χ3v) is 4.00. The molecule has 0 atom stereocenters. The van der Waals surface area contributed by atoms with Crippen molar-refractivity contribution in [3.05, 3.63) is 35.4 Å². The quantitative estimate of drug-likeness (QED) is 0.822. The van der Waals surface area contributed by atoms with Crippen LogP contribution in [0.4, 0.5) is 0 Å². The molecular weight excluding hydrogens is 194 g/mol. The molecule has 88 valence electrons. The zero-order valence-electron chi connectivity index (χ0n) is 10.3. The van der Waals surface area contributed by atoms with E-state index in [-0.39, 0.29) is 5.54 Å². The first kappa shape index (κ1) is 11.7. The smallest absolute Gasteiger partial charge is 0.0157 e. The summed E-state index contributed by atoms with van der Waals surface area (Å²) in [7, 11) is 0. The Balaban J connectivity index is 1.94. The molecule has 2 rings (SSSR count). The van der Waals surface area contributed by atoms with Gasteiger partial charge >= 0.3 is 0 Å². The molecule has 1 aliphatic carbocycles. The van der Waals surface area contributed by atoms with Crippen molar-refractivity contribution in [3.8, 4) is 0 Å². The van der Waals surface area contributed by atoms with Gasteiger partial charge in [-0.3, -0.25) is 0 Å². The Labute approximate surface area is 99.0 Å².